The number of aliphatic hydroxyl groups excluding tert-OH is 1. The van der Waals surface area contributed by atoms with Crippen LogP contribution >= 0.6 is 0 Å². The Bertz CT molecular complexity index is 347. The van der Waals surface area contributed by atoms with E-state index in [0.29, 0.717) is 31.7 Å². The Morgan fingerprint density at radius 3 is 2.75 bits per heavy atom. The molecular formula is C10H17N3O3. The average Bonchev–Trinajstić information content (AvgIpc) is 2.75. The summed E-state index contributed by atoms with van der Waals surface area (Å²) < 4.78 is 12.4. The molecule has 1 N–H and O–H groups in total. The van der Waals surface area contributed by atoms with Crippen molar-refractivity contribution in [2.45, 2.75) is 24.5 Å². The number of ether oxygens (including phenoxy) is 2. The van der Waals surface area contributed by atoms with E-state index < -0.39 is 11.7 Å². The fraction of sp³-hybridized carbons (Fsp3) is 0.800. The Morgan fingerprint density at radius 2 is 2.25 bits per heavy atom. The molecular weight excluding hydrogens is 210 g/mol. The first-order valence-corrected chi connectivity index (χ1v) is 5.35. The van der Waals surface area contributed by atoms with Gasteiger partial charge in [-0.3, -0.25) is 0 Å². The summed E-state index contributed by atoms with van der Waals surface area (Å²) in [6, 6.07) is 0. The van der Waals surface area contributed by atoms with Gasteiger partial charge in [-0.05, 0) is 0 Å². The fourth-order valence-electron chi connectivity index (χ4n) is 2.12. The average molecular weight is 227 g/mol. The van der Waals surface area contributed by atoms with E-state index >= 15 is 0 Å². The summed E-state index contributed by atoms with van der Waals surface area (Å²) in [7, 11) is 3.38. The van der Waals surface area contributed by atoms with E-state index in [1.54, 1.807) is 25.0 Å². The van der Waals surface area contributed by atoms with Crippen molar-refractivity contribution in [3.05, 3.63) is 11.9 Å². The molecule has 1 atom stereocenters. The van der Waals surface area contributed by atoms with Gasteiger partial charge >= 0.3 is 0 Å². The molecule has 1 aromatic heterocycles. The van der Waals surface area contributed by atoms with Crippen LogP contribution in [0.2, 0.25) is 0 Å². The molecule has 0 spiro atoms. The van der Waals surface area contributed by atoms with Gasteiger partial charge in [0.05, 0.1) is 11.9 Å². The molecule has 1 aliphatic rings. The first-order chi connectivity index (χ1) is 7.69. The Balaban J connectivity index is 2.24. The second-order valence-corrected chi connectivity index (χ2v) is 4.07. The quantitative estimate of drug-likeness (QED) is 0.789. The van der Waals surface area contributed by atoms with E-state index in [9.17, 15) is 5.11 Å². The smallest absolute Gasteiger partial charge is 0.126 e. The van der Waals surface area contributed by atoms with Gasteiger partial charge in [0.25, 0.3) is 0 Å². The van der Waals surface area contributed by atoms with E-state index in [4.69, 9.17) is 9.47 Å². The minimum Gasteiger partial charge on any atom is -0.384 e. The van der Waals surface area contributed by atoms with E-state index in [2.05, 4.69) is 10.3 Å². The normalized spacial score (nSPS) is 21.9. The van der Waals surface area contributed by atoms with Gasteiger partial charge in [0, 0.05) is 40.2 Å². The van der Waals surface area contributed by atoms with Crippen molar-refractivity contribution in [3.8, 4) is 0 Å². The largest absolute Gasteiger partial charge is 0.384 e. The first kappa shape index (κ1) is 11.5. The summed E-state index contributed by atoms with van der Waals surface area (Å²) in [4.78, 5) is 0. The molecule has 90 valence electrons. The van der Waals surface area contributed by atoms with Crippen molar-refractivity contribution < 1.29 is 14.6 Å². The van der Waals surface area contributed by atoms with Crippen molar-refractivity contribution in [1.82, 2.24) is 15.0 Å². The van der Waals surface area contributed by atoms with Crippen LogP contribution in [0.25, 0.3) is 0 Å². The van der Waals surface area contributed by atoms with Gasteiger partial charge in [-0.2, -0.15) is 0 Å². The van der Waals surface area contributed by atoms with Crippen molar-refractivity contribution in [1.29, 1.82) is 0 Å². The molecule has 16 heavy (non-hydrogen) atoms. The number of aromatic nitrogens is 3. The van der Waals surface area contributed by atoms with Crippen molar-refractivity contribution in [2.75, 3.05) is 20.3 Å². The Hall–Kier alpha value is -0.980. The first-order valence-electron chi connectivity index (χ1n) is 5.35. The summed E-state index contributed by atoms with van der Waals surface area (Å²) in [6.07, 6.45) is 2.20. The predicted molar refractivity (Wildman–Crippen MR) is 55.8 cm³/mol. The van der Waals surface area contributed by atoms with Gasteiger partial charge in [-0.25, -0.2) is 4.68 Å². The van der Waals surface area contributed by atoms with Crippen LogP contribution in [0.15, 0.2) is 6.20 Å². The standard InChI is InChI=1S/C10H17N3O3/c1-13-8(7-11-12-13)9(14)10(15-2)3-5-16-6-4-10/h7,9,14H,3-6H2,1-2H3. The van der Waals surface area contributed by atoms with Crippen LogP contribution in [0.5, 0.6) is 0 Å². The lowest BCUT2D eigenvalue weighted by molar-refractivity contribution is -0.156. The highest BCUT2D eigenvalue weighted by Gasteiger charge is 2.42. The zero-order valence-corrected chi connectivity index (χ0v) is 9.59. The molecule has 0 saturated carbocycles. The van der Waals surface area contributed by atoms with Crippen LogP contribution in [0.4, 0.5) is 0 Å². The van der Waals surface area contributed by atoms with Gasteiger partial charge < -0.3 is 14.6 Å². The molecule has 0 amide bonds. The Morgan fingerprint density at radius 1 is 1.56 bits per heavy atom. The number of aliphatic hydroxyl groups is 1. The predicted octanol–water partition coefficient (Wildman–Crippen LogP) is 0.0441. The van der Waals surface area contributed by atoms with Crippen LogP contribution in [0.3, 0.4) is 0 Å². The Labute approximate surface area is 94.2 Å². The monoisotopic (exact) mass is 227 g/mol. The zero-order valence-electron chi connectivity index (χ0n) is 9.59. The molecule has 1 aromatic rings. The lowest BCUT2D eigenvalue weighted by Gasteiger charge is -2.39. The maximum atomic E-state index is 10.4. The van der Waals surface area contributed by atoms with Crippen LogP contribution in [-0.4, -0.2) is 46.0 Å². The summed E-state index contributed by atoms with van der Waals surface area (Å²) in [5.41, 5.74) is 0.0945. The molecule has 0 radical (unpaired) electrons. The van der Waals surface area contributed by atoms with E-state index in [0.717, 1.165) is 0 Å². The van der Waals surface area contributed by atoms with E-state index in [1.165, 1.54) is 0 Å². The molecule has 1 unspecified atom stereocenters. The highest BCUT2D eigenvalue weighted by atomic mass is 16.5. The molecule has 1 saturated heterocycles. The highest BCUT2D eigenvalue weighted by molar-refractivity contribution is 5.07. The molecule has 2 heterocycles. The van der Waals surface area contributed by atoms with Gasteiger partial charge in [0.15, 0.2) is 0 Å². The summed E-state index contributed by atoms with van der Waals surface area (Å²) in [6.45, 7) is 1.21. The number of nitrogens with zero attached hydrogens (tertiary/aromatic N) is 3. The number of hydrogen-bond donors (Lipinski definition) is 1. The third-order valence-electron chi connectivity index (χ3n) is 3.27. The Kier molecular flexibility index (Phi) is 3.22. The van der Waals surface area contributed by atoms with Gasteiger partial charge in [0.1, 0.15) is 11.7 Å². The topological polar surface area (TPSA) is 69.4 Å². The number of methoxy groups -OCH3 is 1. The van der Waals surface area contributed by atoms with Crippen LogP contribution in [0, 0.1) is 0 Å². The minimum absolute atomic E-state index is 0.576. The van der Waals surface area contributed by atoms with Crippen molar-refractivity contribution >= 4 is 0 Å². The molecule has 0 aromatic carbocycles. The lowest BCUT2D eigenvalue weighted by Crippen LogP contribution is -2.44. The third kappa shape index (κ3) is 1.83. The number of hydrogen-bond acceptors (Lipinski definition) is 5. The second-order valence-electron chi connectivity index (χ2n) is 4.07. The van der Waals surface area contributed by atoms with Crippen LogP contribution < -0.4 is 0 Å². The van der Waals surface area contributed by atoms with Gasteiger partial charge in [-0.15, -0.1) is 5.10 Å². The van der Waals surface area contributed by atoms with Gasteiger partial charge in [-0.1, -0.05) is 5.21 Å². The van der Waals surface area contributed by atoms with Crippen molar-refractivity contribution in [2.24, 2.45) is 7.05 Å². The van der Waals surface area contributed by atoms with Crippen LogP contribution in [-0.2, 0) is 16.5 Å². The lowest BCUT2D eigenvalue weighted by atomic mass is 9.86. The number of aryl methyl sites for hydroxylation is 1. The van der Waals surface area contributed by atoms with E-state index in [1.807, 2.05) is 0 Å². The zero-order chi connectivity index (χ0) is 11.6. The summed E-state index contributed by atoms with van der Waals surface area (Å²) in [5, 5.41) is 18.0. The maximum absolute atomic E-state index is 10.4. The van der Waals surface area contributed by atoms with E-state index in [-0.39, 0.29) is 0 Å². The fourth-order valence-corrected chi connectivity index (χ4v) is 2.12. The molecule has 6 nitrogen and oxygen atoms in total. The number of rotatable bonds is 3. The van der Waals surface area contributed by atoms with Crippen molar-refractivity contribution in [3.63, 3.8) is 0 Å². The molecule has 1 fully saturated rings. The molecule has 6 heteroatoms. The second kappa shape index (κ2) is 4.48. The maximum Gasteiger partial charge on any atom is 0.126 e. The third-order valence-corrected chi connectivity index (χ3v) is 3.27. The van der Waals surface area contributed by atoms with Gasteiger partial charge in [0.2, 0.25) is 0 Å². The highest BCUT2D eigenvalue weighted by Crippen LogP contribution is 2.36. The summed E-state index contributed by atoms with van der Waals surface area (Å²) in [5.74, 6) is 0. The SMILES string of the molecule is COC1(C(O)c2cnnn2C)CCOCC1. The molecule has 0 bridgehead atoms. The molecule has 2 rings (SSSR count). The van der Waals surface area contributed by atoms with Crippen LogP contribution in [0.1, 0.15) is 24.6 Å². The molecule has 0 aliphatic carbocycles. The molecule has 1 aliphatic heterocycles. The summed E-state index contributed by atoms with van der Waals surface area (Å²) >= 11 is 0. The minimum atomic E-state index is -0.721.